The Morgan fingerprint density at radius 2 is 0.938 bits per heavy atom. The van der Waals surface area contributed by atoms with Crippen LogP contribution in [0.25, 0.3) is 22.3 Å². The second-order valence-electron chi connectivity index (χ2n) is 7.46. The molecule has 0 unspecified atom stereocenters. The SMILES string of the molecule is CCc1cccc(-[c-]2cccc2)c1.CCc1cccc(-[c-]2cccc2)c1.C[Si](C)=[Hf+2].[Cl-].[Cl-]. The molecule has 4 aromatic carbocycles. The second-order valence-corrected chi connectivity index (χ2v) is 20.2. The Hall–Kier alpha value is -1.19. The van der Waals surface area contributed by atoms with Crippen LogP contribution in [0.15, 0.2) is 97.1 Å². The maximum absolute atomic E-state index is 2.33. The fraction of sp³-hybridized carbons (Fsp3) is 0.214. The molecule has 0 N–H and O–H groups in total. The van der Waals surface area contributed by atoms with Gasteiger partial charge in [0.05, 0.1) is 0 Å². The quantitative estimate of drug-likeness (QED) is 0.236. The van der Waals surface area contributed by atoms with Crippen molar-refractivity contribution in [1.82, 2.24) is 0 Å². The zero-order valence-electron chi connectivity index (χ0n) is 19.4. The second kappa shape index (κ2) is 17.3. The van der Waals surface area contributed by atoms with E-state index in [1.807, 2.05) is 0 Å². The number of benzene rings is 2. The van der Waals surface area contributed by atoms with E-state index in [0.717, 1.165) is 12.8 Å². The molecule has 4 rings (SSSR count). The molecule has 4 heteroatoms. The topological polar surface area (TPSA) is 0 Å². The van der Waals surface area contributed by atoms with Crippen molar-refractivity contribution in [2.24, 2.45) is 0 Å². The van der Waals surface area contributed by atoms with Gasteiger partial charge in [-0.3, -0.25) is 0 Å². The summed E-state index contributed by atoms with van der Waals surface area (Å²) in [6, 6.07) is 34.3. The van der Waals surface area contributed by atoms with Crippen LogP contribution in [0.4, 0.5) is 0 Å². The summed E-state index contributed by atoms with van der Waals surface area (Å²) < 4.78 is 0. The minimum Gasteiger partial charge on any atom is -1.00 e. The first kappa shape index (κ1) is 30.8. The van der Waals surface area contributed by atoms with Crippen LogP contribution in [-0.4, -0.2) is 5.49 Å². The van der Waals surface area contributed by atoms with Crippen molar-refractivity contribution in [3.05, 3.63) is 108 Å². The molecule has 0 amide bonds. The van der Waals surface area contributed by atoms with Gasteiger partial charge in [0.25, 0.3) is 0 Å². The first-order valence-electron chi connectivity index (χ1n) is 10.7. The van der Waals surface area contributed by atoms with E-state index in [4.69, 9.17) is 0 Å². The van der Waals surface area contributed by atoms with E-state index >= 15 is 0 Å². The van der Waals surface area contributed by atoms with Gasteiger partial charge in [-0.2, -0.15) is 24.3 Å². The van der Waals surface area contributed by atoms with Gasteiger partial charge in [-0.25, -0.2) is 0 Å². The van der Waals surface area contributed by atoms with Crippen LogP contribution >= 0.6 is 0 Å². The van der Waals surface area contributed by atoms with Gasteiger partial charge in [0.2, 0.25) is 0 Å². The average Bonchev–Trinajstić information content (AvgIpc) is 3.48. The van der Waals surface area contributed by atoms with Crippen LogP contribution in [0.3, 0.4) is 0 Å². The molecule has 0 saturated carbocycles. The number of hydrogen-bond acceptors (Lipinski definition) is 0. The zero-order valence-corrected chi connectivity index (χ0v) is 25.5. The minimum atomic E-state index is 0. The first-order chi connectivity index (χ1) is 14.5. The maximum atomic E-state index is 2.33. The minimum absolute atomic E-state index is 0. The molecule has 0 radical (unpaired) electrons. The molecule has 0 aromatic heterocycles. The fourth-order valence-corrected chi connectivity index (χ4v) is 3.07. The molecule has 0 fully saturated rings. The smallest absolute Gasteiger partial charge is 1.00 e. The van der Waals surface area contributed by atoms with Crippen molar-refractivity contribution in [1.29, 1.82) is 0 Å². The average molecular weight is 646 g/mol. The summed E-state index contributed by atoms with van der Waals surface area (Å²) in [6.07, 6.45) is 2.21. The Labute approximate surface area is 222 Å². The Morgan fingerprint density at radius 1 is 0.625 bits per heavy atom. The molecule has 0 heterocycles. The van der Waals surface area contributed by atoms with E-state index in [1.165, 1.54) is 56.4 Å². The van der Waals surface area contributed by atoms with Gasteiger partial charge < -0.3 is 24.8 Å². The van der Waals surface area contributed by atoms with Crippen molar-refractivity contribution in [3.63, 3.8) is 0 Å². The largest absolute Gasteiger partial charge is 1.00 e. The number of rotatable bonds is 4. The molecule has 0 aliphatic rings. The summed E-state index contributed by atoms with van der Waals surface area (Å²) in [4.78, 5) is 0. The molecular formula is C28H32Cl2HfSi-2. The first-order valence-corrected chi connectivity index (χ1v) is 18.6. The van der Waals surface area contributed by atoms with Crippen LogP contribution in [0.5, 0.6) is 0 Å². The van der Waals surface area contributed by atoms with Crippen molar-refractivity contribution in [2.45, 2.75) is 39.8 Å². The summed E-state index contributed by atoms with van der Waals surface area (Å²) in [6.45, 7) is 9.03. The normalized spacial score (nSPS) is 9.19. The van der Waals surface area contributed by atoms with Gasteiger partial charge in [-0.1, -0.05) is 60.4 Å². The molecule has 4 aromatic rings. The number of halogens is 2. The summed E-state index contributed by atoms with van der Waals surface area (Å²) in [5, 5.41) is 0. The van der Waals surface area contributed by atoms with Crippen molar-refractivity contribution < 1.29 is 47.8 Å². The third kappa shape index (κ3) is 11.1. The molecule has 0 atom stereocenters. The molecule has 0 nitrogen and oxygen atoms in total. The predicted octanol–water partition coefficient (Wildman–Crippen LogP) is 2.06. The van der Waals surface area contributed by atoms with Gasteiger partial charge >= 0.3 is 41.6 Å². The van der Waals surface area contributed by atoms with E-state index in [0.29, 0.717) is 0 Å². The van der Waals surface area contributed by atoms with Crippen LogP contribution in [0.2, 0.25) is 13.1 Å². The predicted molar refractivity (Wildman–Crippen MR) is 131 cm³/mol. The number of hydrogen-bond donors (Lipinski definition) is 0. The fourth-order valence-electron chi connectivity index (χ4n) is 3.07. The van der Waals surface area contributed by atoms with E-state index in [9.17, 15) is 0 Å². The summed E-state index contributed by atoms with van der Waals surface area (Å²) >= 11 is 1.45. The van der Waals surface area contributed by atoms with Crippen LogP contribution in [0, 0.1) is 0 Å². The molecule has 168 valence electrons. The van der Waals surface area contributed by atoms with E-state index in [-0.39, 0.29) is 30.3 Å². The van der Waals surface area contributed by atoms with Gasteiger partial charge in [-0.15, -0.1) is 59.7 Å². The third-order valence-corrected chi connectivity index (χ3v) is 4.66. The van der Waals surface area contributed by atoms with E-state index in [1.54, 1.807) is 0 Å². The van der Waals surface area contributed by atoms with Crippen molar-refractivity contribution >= 4 is 5.49 Å². The molecular weight excluding hydrogens is 614 g/mol. The van der Waals surface area contributed by atoms with Crippen LogP contribution in [0.1, 0.15) is 25.0 Å². The summed E-state index contributed by atoms with van der Waals surface area (Å²) in [5.41, 5.74) is 8.34. The van der Waals surface area contributed by atoms with Gasteiger partial charge in [0.15, 0.2) is 0 Å². The maximum Gasteiger partial charge on any atom is -1.00 e. The monoisotopic (exact) mass is 646 g/mol. The molecule has 0 bridgehead atoms. The van der Waals surface area contributed by atoms with Gasteiger partial charge in [-0.05, 0) is 12.8 Å². The molecule has 0 saturated heterocycles. The Kier molecular flexibility index (Phi) is 16.7. The summed E-state index contributed by atoms with van der Waals surface area (Å²) in [5.74, 6) is 0. The van der Waals surface area contributed by atoms with Gasteiger partial charge in [0.1, 0.15) is 0 Å². The molecule has 0 aliphatic heterocycles. The van der Waals surface area contributed by atoms with Crippen molar-refractivity contribution in [3.8, 4) is 22.3 Å². The van der Waals surface area contributed by atoms with Crippen LogP contribution in [-0.2, 0) is 35.8 Å². The molecule has 32 heavy (non-hydrogen) atoms. The van der Waals surface area contributed by atoms with Crippen molar-refractivity contribution in [2.75, 3.05) is 0 Å². The number of aryl methyl sites for hydroxylation is 2. The molecule has 0 aliphatic carbocycles. The third-order valence-electron chi connectivity index (χ3n) is 4.66. The van der Waals surface area contributed by atoms with E-state index in [2.05, 4.69) is 124 Å². The summed E-state index contributed by atoms with van der Waals surface area (Å²) in [7, 11) is 0. The Bertz CT molecular complexity index is 924. The Balaban J connectivity index is 0.000000490. The van der Waals surface area contributed by atoms with Crippen LogP contribution < -0.4 is 24.8 Å². The van der Waals surface area contributed by atoms with E-state index < -0.39 is 0 Å². The zero-order chi connectivity index (χ0) is 21.8. The molecule has 0 spiro atoms. The van der Waals surface area contributed by atoms with Gasteiger partial charge in [0, 0.05) is 0 Å². The Morgan fingerprint density at radius 3 is 1.22 bits per heavy atom. The standard InChI is InChI=1S/2C13H13.C2H6Si.2ClH.Hf/c2*1-2-11-6-5-9-13(10-11)12-7-3-4-8-12;1-3-2;;;/h2*3-10H,2H2,1H3;1-2H3;2*1H;/q2*-1;;;;+2/p-2.